The average Bonchev–Trinajstić information content (AvgIpc) is 3.02. The van der Waals surface area contributed by atoms with Crippen LogP contribution in [0.15, 0.2) is 68.8 Å². The van der Waals surface area contributed by atoms with Crippen LogP contribution >= 0.6 is 0 Å². The minimum absolute atomic E-state index is 0.0106. The molecule has 1 heterocycles. The lowest BCUT2D eigenvalue weighted by molar-refractivity contribution is -0.113. The molecule has 0 amide bonds. The van der Waals surface area contributed by atoms with E-state index < -0.39 is 35.7 Å². The smallest absolute Gasteiger partial charge is 0.240 e. The number of hydrogen-bond donors (Lipinski definition) is 1. The molecule has 0 saturated heterocycles. The van der Waals surface area contributed by atoms with Gasteiger partial charge in [-0.05, 0) is 70.4 Å². The molecule has 0 spiro atoms. The van der Waals surface area contributed by atoms with Gasteiger partial charge in [0.1, 0.15) is 34.6 Å². The van der Waals surface area contributed by atoms with Gasteiger partial charge in [-0.1, -0.05) is 6.07 Å². The Labute approximate surface area is 264 Å². The predicted molar refractivity (Wildman–Crippen MR) is 174 cm³/mol. The third-order valence-corrected chi connectivity index (χ3v) is 10.1. The van der Waals surface area contributed by atoms with E-state index in [4.69, 9.17) is 10.8 Å². The molecule has 2 aliphatic rings. The third-order valence-electron chi connectivity index (χ3n) is 7.78. The number of benzene rings is 3. The van der Waals surface area contributed by atoms with E-state index >= 15 is 0 Å². The van der Waals surface area contributed by atoms with Gasteiger partial charge in [-0.2, -0.15) is 0 Å². The van der Waals surface area contributed by atoms with Crippen molar-refractivity contribution in [1.29, 1.82) is 0 Å². The van der Waals surface area contributed by atoms with Crippen LogP contribution in [0.5, 0.6) is 0 Å². The summed E-state index contributed by atoms with van der Waals surface area (Å²) >= 11 is 0. The molecule has 2 aromatic rings. The topological polar surface area (TPSA) is 140 Å². The number of hydrogen-bond acceptors (Lipinski definition) is 8. The number of sulfonamides is 1. The molecule has 10 nitrogen and oxygen atoms in total. The maximum atomic E-state index is 13.1. The Hall–Kier alpha value is -4.02. The SMILES string of the molecule is C#CC(=O)CCCNS(=O)(=O)c1ccc(-c2c3ccc(=[N+](CC)CC)cc-3oc3cc(N(CC)CC)ccc23)c(S(=O)(=O)[O-])c1. The highest BCUT2D eigenvalue weighted by Gasteiger charge is 2.25. The summed E-state index contributed by atoms with van der Waals surface area (Å²) < 4.78 is 75.2. The fraction of sp³-hybridized carbons (Fsp3) is 0.333. The van der Waals surface area contributed by atoms with Gasteiger partial charge in [0.05, 0.1) is 15.9 Å². The van der Waals surface area contributed by atoms with Crippen molar-refractivity contribution in [2.75, 3.05) is 37.6 Å². The Morgan fingerprint density at radius 3 is 2.27 bits per heavy atom. The van der Waals surface area contributed by atoms with Crippen molar-refractivity contribution in [2.45, 2.75) is 50.3 Å². The minimum Gasteiger partial charge on any atom is -0.744 e. The molecule has 1 aliphatic carbocycles. The number of fused-ring (bicyclic) bond motifs is 2. The van der Waals surface area contributed by atoms with E-state index in [-0.39, 0.29) is 24.9 Å². The first-order chi connectivity index (χ1) is 21.4. The van der Waals surface area contributed by atoms with Gasteiger partial charge in [-0.3, -0.25) is 4.79 Å². The molecule has 0 bridgehead atoms. The second kappa shape index (κ2) is 14.0. The molecule has 0 fully saturated rings. The number of rotatable bonds is 13. The molecular formula is C33H37N3O7S2. The van der Waals surface area contributed by atoms with Crippen molar-refractivity contribution in [2.24, 2.45) is 0 Å². The number of Topliss-reactive ketones (excluding diaryl/α,β-unsaturated/α-hetero) is 1. The number of terminal acetylenes is 1. The van der Waals surface area contributed by atoms with Gasteiger partial charge in [0.25, 0.3) is 0 Å². The Morgan fingerprint density at radius 2 is 1.64 bits per heavy atom. The van der Waals surface area contributed by atoms with Crippen molar-refractivity contribution in [3.8, 4) is 34.8 Å². The fourth-order valence-electron chi connectivity index (χ4n) is 5.42. The number of ketones is 1. The molecule has 1 N–H and O–H groups in total. The fourth-order valence-corrected chi connectivity index (χ4v) is 7.31. The van der Waals surface area contributed by atoms with E-state index in [9.17, 15) is 26.2 Å². The number of carbonyl (C=O) groups excluding carboxylic acids is 1. The van der Waals surface area contributed by atoms with E-state index in [1.54, 1.807) is 0 Å². The molecule has 2 aromatic carbocycles. The summed E-state index contributed by atoms with van der Waals surface area (Å²) in [4.78, 5) is 12.4. The van der Waals surface area contributed by atoms with Crippen LogP contribution in [0.1, 0.15) is 40.5 Å². The summed E-state index contributed by atoms with van der Waals surface area (Å²) in [7, 11) is -9.38. The molecule has 1 aliphatic heterocycles. The van der Waals surface area contributed by atoms with Crippen molar-refractivity contribution in [3.05, 3.63) is 60.0 Å². The Kier molecular flexibility index (Phi) is 10.5. The molecule has 0 unspecified atom stereocenters. The largest absolute Gasteiger partial charge is 0.744 e. The van der Waals surface area contributed by atoms with Crippen molar-refractivity contribution >= 4 is 42.6 Å². The van der Waals surface area contributed by atoms with E-state index in [1.165, 1.54) is 12.1 Å². The van der Waals surface area contributed by atoms with Crippen molar-refractivity contribution in [3.63, 3.8) is 0 Å². The van der Waals surface area contributed by atoms with Crippen LogP contribution in [0.2, 0.25) is 0 Å². The molecule has 0 atom stereocenters. The van der Waals surface area contributed by atoms with Gasteiger partial charge in [0, 0.05) is 66.0 Å². The van der Waals surface area contributed by atoms with Crippen LogP contribution in [0, 0.1) is 12.3 Å². The highest BCUT2D eigenvalue weighted by molar-refractivity contribution is 7.89. The zero-order valence-corrected chi connectivity index (χ0v) is 27.4. The van der Waals surface area contributed by atoms with Gasteiger partial charge in [-0.25, -0.2) is 26.1 Å². The quantitative estimate of drug-likeness (QED) is 0.0571. The van der Waals surface area contributed by atoms with Crippen LogP contribution < -0.4 is 19.6 Å². The van der Waals surface area contributed by atoms with E-state index in [0.29, 0.717) is 27.9 Å². The molecular weight excluding hydrogens is 615 g/mol. The summed E-state index contributed by atoms with van der Waals surface area (Å²) in [6.45, 7) is 11.1. The maximum Gasteiger partial charge on any atom is 0.240 e. The second-order valence-electron chi connectivity index (χ2n) is 10.4. The average molecular weight is 652 g/mol. The molecule has 4 rings (SSSR count). The predicted octanol–water partition coefficient (Wildman–Crippen LogP) is 4.03. The molecule has 238 valence electrons. The highest BCUT2D eigenvalue weighted by Crippen LogP contribution is 2.43. The first-order valence-electron chi connectivity index (χ1n) is 14.8. The third kappa shape index (κ3) is 7.28. The van der Waals surface area contributed by atoms with Gasteiger partial charge >= 0.3 is 0 Å². The molecule has 0 aromatic heterocycles. The Balaban J connectivity index is 1.99. The van der Waals surface area contributed by atoms with E-state index in [1.807, 2.05) is 70.0 Å². The van der Waals surface area contributed by atoms with Gasteiger partial charge < -0.3 is 13.9 Å². The zero-order valence-electron chi connectivity index (χ0n) is 25.8. The Morgan fingerprint density at radius 1 is 0.956 bits per heavy atom. The van der Waals surface area contributed by atoms with E-state index in [0.717, 1.165) is 43.3 Å². The number of carbonyl (C=O) groups is 1. The first-order valence-corrected chi connectivity index (χ1v) is 17.7. The lowest BCUT2D eigenvalue weighted by Gasteiger charge is -2.23. The van der Waals surface area contributed by atoms with Crippen LogP contribution in [0.25, 0.3) is 33.4 Å². The number of nitrogens with one attached hydrogen (secondary N) is 1. The monoisotopic (exact) mass is 651 g/mol. The zero-order chi connectivity index (χ0) is 32.9. The highest BCUT2D eigenvalue weighted by atomic mass is 32.2. The van der Waals surface area contributed by atoms with Crippen LogP contribution in [0.3, 0.4) is 0 Å². The summed E-state index contributed by atoms with van der Waals surface area (Å²) in [5.41, 5.74) is 2.44. The molecule has 0 saturated carbocycles. The van der Waals surface area contributed by atoms with Gasteiger partial charge in [0.15, 0.2) is 0 Å². The summed E-state index contributed by atoms with van der Waals surface area (Å²) in [5, 5.41) is 1.47. The molecule has 12 heteroatoms. The summed E-state index contributed by atoms with van der Waals surface area (Å²) in [6.07, 6.45) is 5.20. The van der Waals surface area contributed by atoms with Crippen molar-refractivity contribution in [1.82, 2.24) is 9.30 Å². The van der Waals surface area contributed by atoms with Crippen LogP contribution in [-0.2, 0) is 24.9 Å². The Bertz CT molecular complexity index is 2030. The lowest BCUT2D eigenvalue weighted by Crippen LogP contribution is -2.29. The van der Waals surface area contributed by atoms with Crippen LogP contribution in [-0.4, -0.2) is 59.9 Å². The minimum atomic E-state index is -5.16. The normalized spacial score (nSPS) is 11.9. The maximum absolute atomic E-state index is 13.1. The standard InChI is InChI=1S/C33H37N3O7S2/c1-6-25(37)12-11-19-34-44(38,39)26-15-18-29(32(22-26)45(40,41)42)33-27-16-13-23(35(7-2)8-3)20-30(27)43-31-21-24(14-17-28(31)33)36(9-4)10-5/h1,13-18,20-22,34H,7-12,19H2,2-5H3. The second-order valence-corrected chi connectivity index (χ2v) is 13.5. The van der Waals surface area contributed by atoms with Gasteiger partial charge in [0.2, 0.25) is 21.2 Å². The number of nitrogens with zero attached hydrogens (tertiary/aromatic N) is 2. The van der Waals surface area contributed by atoms with Crippen LogP contribution in [0.4, 0.5) is 5.69 Å². The molecule has 45 heavy (non-hydrogen) atoms. The summed E-state index contributed by atoms with van der Waals surface area (Å²) in [5.74, 6) is 1.99. The number of anilines is 1. The lowest BCUT2D eigenvalue weighted by atomic mass is 9.93. The van der Waals surface area contributed by atoms with Crippen molar-refractivity contribution < 1.29 is 30.6 Å². The van der Waals surface area contributed by atoms with E-state index in [2.05, 4.69) is 14.2 Å². The summed E-state index contributed by atoms with van der Waals surface area (Å²) in [6, 6.07) is 14.7. The first kappa shape index (κ1) is 33.9. The van der Waals surface area contributed by atoms with Gasteiger partial charge in [-0.15, -0.1) is 6.42 Å². The molecule has 0 radical (unpaired) electrons.